The topological polar surface area (TPSA) is 118 Å². The van der Waals surface area contributed by atoms with Crippen LogP contribution < -0.4 is 10.0 Å². The minimum atomic E-state index is -3.81. The molecular formula is C11H18N4O4S2. The standard InChI is InChI=1S/C11H18N4O4S2/c1-2-12-11-13-6-10(7-14-11)21(18,19)15-9-4-3-5-20(16,17)8-9/h6-7,9,15H,2-5,8H2,1H3,(H,12,13,14). The molecule has 2 heterocycles. The summed E-state index contributed by atoms with van der Waals surface area (Å²) in [6, 6.07) is -0.595. The summed E-state index contributed by atoms with van der Waals surface area (Å²) in [6.45, 7) is 2.50. The summed E-state index contributed by atoms with van der Waals surface area (Å²) < 4.78 is 49.8. The summed E-state index contributed by atoms with van der Waals surface area (Å²) in [5, 5.41) is 2.86. The van der Waals surface area contributed by atoms with Crippen molar-refractivity contribution >= 4 is 25.8 Å². The molecule has 1 aromatic rings. The van der Waals surface area contributed by atoms with Crippen LogP contribution >= 0.6 is 0 Å². The molecule has 0 spiro atoms. The molecule has 8 nitrogen and oxygen atoms in total. The Hall–Kier alpha value is -1.26. The van der Waals surface area contributed by atoms with Gasteiger partial charge in [-0.05, 0) is 19.8 Å². The summed E-state index contributed by atoms with van der Waals surface area (Å²) in [7, 11) is -6.98. The first kappa shape index (κ1) is 16.1. The van der Waals surface area contributed by atoms with Gasteiger partial charge in [0.2, 0.25) is 16.0 Å². The van der Waals surface area contributed by atoms with Crippen molar-refractivity contribution in [2.24, 2.45) is 0 Å². The summed E-state index contributed by atoms with van der Waals surface area (Å²) in [5.74, 6) is 0.297. The molecule has 118 valence electrons. The van der Waals surface area contributed by atoms with Crippen molar-refractivity contribution in [1.82, 2.24) is 14.7 Å². The van der Waals surface area contributed by atoms with Gasteiger partial charge in [0.25, 0.3) is 0 Å². The van der Waals surface area contributed by atoms with Crippen molar-refractivity contribution in [2.75, 3.05) is 23.4 Å². The molecule has 1 saturated heterocycles. The Morgan fingerprint density at radius 1 is 1.33 bits per heavy atom. The van der Waals surface area contributed by atoms with Crippen LogP contribution in [0.4, 0.5) is 5.95 Å². The number of sulfone groups is 1. The van der Waals surface area contributed by atoms with Crippen LogP contribution in [-0.4, -0.2) is 50.9 Å². The van der Waals surface area contributed by atoms with Crippen LogP contribution in [0, 0.1) is 0 Å². The van der Waals surface area contributed by atoms with Crippen LogP contribution in [0.3, 0.4) is 0 Å². The monoisotopic (exact) mass is 334 g/mol. The fourth-order valence-corrected chi connectivity index (χ4v) is 5.01. The molecular weight excluding hydrogens is 316 g/mol. The molecule has 2 N–H and O–H groups in total. The van der Waals surface area contributed by atoms with E-state index in [0.717, 1.165) is 0 Å². The highest BCUT2D eigenvalue weighted by Crippen LogP contribution is 2.15. The van der Waals surface area contributed by atoms with Gasteiger partial charge in [-0.15, -0.1) is 0 Å². The summed E-state index contributed by atoms with van der Waals surface area (Å²) in [4.78, 5) is 7.72. The van der Waals surface area contributed by atoms with Gasteiger partial charge in [-0.3, -0.25) is 0 Å². The smallest absolute Gasteiger partial charge is 0.243 e. The minimum absolute atomic E-state index is 0.0767. The Morgan fingerprint density at radius 3 is 2.57 bits per heavy atom. The van der Waals surface area contributed by atoms with Gasteiger partial charge >= 0.3 is 0 Å². The largest absolute Gasteiger partial charge is 0.355 e. The van der Waals surface area contributed by atoms with Crippen molar-refractivity contribution in [3.63, 3.8) is 0 Å². The molecule has 2 rings (SSSR count). The molecule has 1 aliphatic heterocycles. The van der Waals surface area contributed by atoms with Crippen LogP contribution in [-0.2, 0) is 19.9 Å². The normalized spacial score (nSPS) is 21.9. The summed E-state index contributed by atoms with van der Waals surface area (Å²) in [6.07, 6.45) is 3.37. The lowest BCUT2D eigenvalue weighted by Gasteiger charge is -2.22. The second kappa shape index (κ2) is 6.24. The van der Waals surface area contributed by atoms with E-state index in [1.54, 1.807) is 0 Å². The lowest BCUT2D eigenvalue weighted by molar-refractivity contribution is 0.517. The zero-order chi connectivity index (χ0) is 15.5. The average Bonchev–Trinajstić information content (AvgIpc) is 2.38. The van der Waals surface area contributed by atoms with Crippen molar-refractivity contribution < 1.29 is 16.8 Å². The van der Waals surface area contributed by atoms with Crippen molar-refractivity contribution in [3.05, 3.63) is 12.4 Å². The number of anilines is 1. The van der Waals surface area contributed by atoms with Crippen molar-refractivity contribution in [3.8, 4) is 0 Å². The maximum atomic E-state index is 12.2. The molecule has 1 aliphatic rings. The van der Waals surface area contributed by atoms with E-state index >= 15 is 0 Å². The molecule has 1 unspecified atom stereocenters. The first-order valence-electron chi connectivity index (χ1n) is 6.61. The lowest BCUT2D eigenvalue weighted by Crippen LogP contribution is -2.43. The molecule has 0 bridgehead atoms. The van der Waals surface area contributed by atoms with E-state index < -0.39 is 25.9 Å². The second-order valence-electron chi connectivity index (χ2n) is 4.85. The Labute approximate surface area is 124 Å². The molecule has 21 heavy (non-hydrogen) atoms. The van der Waals surface area contributed by atoms with E-state index in [1.807, 2.05) is 6.92 Å². The van der Waals surface area contributed by atoms with Gasteiger partial charge in [-0.1, -0.05) is 0 Å². The molecule has 0 aliphatic carbocycles. The number of aromatic nitrogens is 2. The maximum Gasteiger partial charge on any atom is 0.243 e. The van der Waals surface area contributed by atoms with E-state index in [0.29, 0.717) is 25.3 Å². The van der Waals surface area contributed by atoms with Crippen LogP contribution in [0.1, 0.15) is 19.8 Å². The fraction of sp³-hybridized carbons (Fsp3) is 0.636. The number of sulfonamides is 1. The number of nitrogens with one attached hydrogen (secondary N) is 2. The zero-order valence-electron chi connectivity index (χ0n) is 11.6. The van der Waals surface area contributed by atoms with Gasteiger partial charge in [0.05, 0.1) is 23.9 Å². The van der Waals surface area contributed by atoms with E-state index in [4.69, 9.17) is 0 Å². The molecule has 1 aromatic heterocycles. The summed E-state index contributed by atoms with van der Waals surface area (Å²) >= 11 is 0. The van der Waals surface area contributed by atoms with Crippen LogP contribution in [0.15, 0.2) is 17.3 Å². The van der Waals surface area contributed by atoms with Crippen molar-refractivity contribution in [1.29, 1.82) is 0 Å². The van der Waals surface area contributed by atoms with Gasteiger partial charge in [0.15, 0.2) is 9.84 Å². The zero-order valence-corrected chi connectivity index (χ0v) is 13.2. The number of hydrogen-bond donors (Lipinski definition) is 2. The highest BCUT2D eigenvalue weighted by atomic mass is 32.2. The quantitative estimate of drug-likeness (QED) is 0.763. The molecule has 1 fully saturated rings. The molecule has 10 heteroatoms. The van der Waals surface area contributed by atoms with Crippen LogP contribution in [0.25, 0.3) is 0 Å². The van der Waals surface area contributed by atoms with Gasteiger partial charge in [-0.25, -0.2) is 31.5 Å². The lowest BCUT2D eigenvalue weighted by atomic mass is 10.2. The highest BCUT2D eigenvalue weighted by molar-refractivity contribution is 7.91. The summed E-state index contributed by atoms with van der Waals surface area (Å²) in [5.41, 5.74) is 0. The molecule has 0 aromatic carbocycles. The van der Waals surface area contributed by atoms with E-state index in [2.05, 4.69) is 20.0 Å². The van der Waals surface area contributed by atoms with Crippen LogP contribution in [0.5, 0.6) is 0 Å². The Kier molecular flexibility index (Phi) is 4.79. The Morgan fingerprint density at radius 2 is 2.00 bits per heavy atom. The number of hydrogen-bond acceptors (Lipinski definition) is 7. The third-order valence-electron chi connectivity index (χ3n) is 3.06. The maximum absolute atomic E-state index is 12.2. The first-order chi connectivity index (χ1) is 9.82. The van der Waals surface area contributed by atoms with Gasteiger partial charge < -0.3 is 5.32 Å². The molecule has 0 amide bonds. The fourth-order valence-electron chi connectivity index (χ4n) is 2.11. The third-order valence-corrected chi connectivity index (χ3v) is 6.35. The average molecular weight is 334 g/mol. The highest BCUT2D eigenvalue weighted by Gasteiger charge is 2.29. The predicted molar refractivity (Wildman–Crippen MR) is 78.2 cm³/mol. The van der Waals surface area contributed by atoms with E-state index in [-0.39, 0.29) is 16.4 Å². The van der Waals surface area contributed by atoms with E-state index in [9.17, 15) is 16.8 Å². The number of rotatable bonds is 5. The van der Waals surface area contributed by atoms with Gasteiger partial charge in [0.1, 0.15) is 4.90 Å². The molecule has 0 saturated carbocycles. The van der Waals surface area contributed by atoms with E-state index in [1.165, 1.54) is 12.4 Å². The Balaban J connectivity index is 2.11. The second-order valence-corrected chi connectivity index (χ2v) is 8.79. The third kappa shape index (κ3) is 4.35. The van der Waals surface area contributed by atoms with Crippen molar-refractivity contribution in [2.45, 2.75) is 30.7 Å². The van der Waals surface area contributed by atoms with Gasteiger partial charge in [0, 0.05) is 12.6 Å². The van der Waals surface area contributed by atoms with Gasteiger partial charge in [-0.2, -0.15) is 0 Å². The first-order valence-corrected chi connectivity index (χ1v) is 9.91. The Bertz CT molecular complexity index is 685. The molecule has 0 radical (unpaired) electrons. The SMILES string of the molecule is CCNc1ncc(S(=O)(=O)NC2CCCS(=O)(=O)C2)cn1. The predicted octanol–water partition coefficient (Wildman–Crippen LogP) is -0.236. The minimum Gasteiger partial charge on any atom is -0.355 e. The van der Waals surface area contributed by atoms with Crippen LogP contribution in [0.2, 0.25) is 0 Å². The molecule has 1 atom stereocenters. The number of nitrogens with zero attached hydrogens (tertiary/aromatic N) is 2.